The lowest BCUT2D eigenvalue weighted by molar-refractivity contribution is 0.0994. The van der Waals surface area contributed by atoms with E-state index in [0.29, 0.717) is 23.8 Å². The summed E-state index contributed by atoms with van der Waals surface area (Å²) in [7, 11) is 0. The molecule has 0 saturated carbocycles. The third-order valence-corrected chi connectivity index (χ3v) is 3.89. The van der Waals surface area contributed by atoms with Crippen LogP contribution in [-0.4, -0.2) is 30.6 Å². The van der Waals surface area contributed by atoms with Gasteiger partial charge in [0.05, 0.1) is 11.4 Å². The number of unbranched alkanes of at least 4 members (excludes halogenated alkanes) is 1. The molecule has 7 heteroatoms. The van der Waals surface area contributed by atoms with E-state index < -0.39 is 5.91 Å². The van der Waals surface area contributed by atoms with Gasteiger partial charge >= 0.3 is 0 Å². The van der Waals surface area contributed by atoms with Crippen LogP contribution >= 0.6 is 0 Å². The Morgan fingerprint density at radius 1 is 1.20 bits per heavy atom. The van der Waals surface area contributed by atoms with Gasteiger partial charge in [-0.15, -0.1) is 0 Å². The van der Waals surface area contributed by atoms with Crippen LogP contribution in [0.2, 0.25) is 0 Å². The molecule has 25 heavy (non-hydrogen) atoms. The summed E-state index contributed by atoms with van der Waals surface area (Å²) in [6.45, 7) is 4.07. The molecule has 7 nitrogen and oxygen atoms in total. The Morgan fingerprint density at radius 2 is 1.96 bits per heavy atom. The third kappa shape index (κ3) is 3.40. The van der Waals surface area contributed by atoms with Crippen LogP contribution in [0, 0.1) is 6.92 Å². The highest BCUT2D eigenvalue weighted by Gasteiger charge is 2.24. The molecule has 0 unspecified atom stereocenters. The molecule has 0 spiro atoms. The van der Waals surface area contributed by atoms with E-state index in [2.05, 4.69) is 27.0 Å². The Hall–Kier alpha value is -3.09. The van der Waals surface area contributed by atoms with Crippen molar-refractivity contribution in [3.05, 3.63) is 53.6 Å². The number of carbonyl (C=O) groups is 1. The van der Waals surface area contributed by atoms with Gasteiger partial charge in [-0.05, 0) is 37.5 Å². The summed E-state index contributed by atoms with van der Waals surface area (Å²) in [4.78, 5) is 25.0. The van der Waals surface area contributed by atoms with Crippen LogP contribution in [-0.2, 0) is 6.42 Å². The van der Waals surface area contributed by atoms with E-state index in [9.17, 15) is 4.79 Å². The van der Waals surface area contributed by atoms with E-state index in [1.807, 2.05) is 19.1 Å². The predicted octanol–water partition coefficient (Wildman–Crippen LogP) is 2.47. The van der Waals surface area contributed by atoms with Crippen LogP contribution in [0.4, 0.5) is 0 Å². The van der Waals surface area contributed by atoms with Crippen LogP contribution in [0.25, 0.3) is 17.3 Å². The maximum atomic E-state index is 12.0. The van der Waals surface area contributed by atoms with Gasteiger partial charge in [-0.1, -0.05) is 19.4 Å². The molecule has 2 N–H and O–H groups in total. The van der Waals surface area contributed by atoms with Crippen LogP contribution in [0.1, 0.15) is 41.4 Å². The van der Waals surface area contributed by atoms with Gasteiger partial charge in [0.1, 0.15) is 0 Å². The van der Waals surface area contributed by atoms with E-state index in [0.717, 1.165) is 24.0 Å². The van der Waals surface area contributed by atoms with E-state index in [1.165, 1.54) is 0 Å². The zero-order chi connectivity index (χ0) is 17.8. The first-order valence-electron chi connectivity index (χ1n) is 8.24. The van der Waals surface area contributed by atoms with Gasteiger partial charge in [-0.25, -0.2) is 9.97 Å². The van der Waals surface area contributed by atoms with Gasteiger partial charge in [-0.3, -0.25) is 9.78 Å². The maximum Gasteiger partial charge on any atom is 0.269 e. The van der Waals surface area contributed by atoms with E-state index in [1.54, 1.807) is 29.3 Å². The highest BCUT2D eigenvalue weighted by atomic mass is 16.1. The summed E-state index contributed by atoms with van der Waals surface area (Å²) in [5, 5.41) is 4.41. The summed E-state index contributed by atoms with van der Waals surface area (Å²) in [5.74, 6) is -0.181. The Kier molecular flexibility index (Phi) is 4.83. The molecular formula is C18H20N6O. The molecule has 0 atom stereocenters. The third-order valence-electron chi connectivity index (χ3n) is 3.89. The molecule has 1 amide bonds. The number of nitrogens with zero attached hydrogens (tertiary/aromatic N) is 5. The standard InChI is InChI=1S/C18H20N6O/c1-3-4-6-13-15(17(19)25)23-24(18-20-9-5-10-21-18)16(13)14-8-7-12(2)11-22-14/h5,7-11H,3-4,6H2,1-2H3,(H2,19,25). The van der Waals surface area contributed by atoms with Crippen LogP contribution < -0.4 is 5.73 Å². The minimum Gasteiger partial charge on any atom is -0.364 e. The maximum absolute atomic E-state index is 12.0. The van der Waals surface area contributed by atoms with Crippen LogP contribution in [0.15, 0.2) is 36.8 Å². The highest BCUT2D eigenvalue weighted by molar-refractivity contribution is 5.94. The molecule has 0 saturated heterocycles. The fraction of sp³-hybridized carbons (Fsp3) is 0.278. The van der Waals surface area contributed by atoms with Crippen molar-refractivity contribution in [3.8, 4) is 17.3 Å². The zero-order valence-corrected chi connectivity index (χ0v) is 14.3. The lowest BCUT2D eigenvalue weighted by Gasteiger charge is -2.08. The Morgan fingerprint density at radius 3 is 2.56 bits per heavy atom. The molecule has 3 aromatic rings. The first-order valence-corrected chi connectivity index (χ1v) is 8.24. The van der Waals surface area contributed by atoms with Crippen molar-refractivity contribution in [1.82, 2.24) is 24.7 Å². The summed E-state index contributed by atoms with van der Waals surface area (Å²) in [5.41, 5.74) is 9.09. The van der Waals surface area contributed by atoms with Gasteiger partial charge in [0.2, 0.25) is 0 Å². The summed E-state index contributed by atoms with van der Waals surface area (Å²) < 4.78 is 1.56. The van der Waals surface area contributed by atoms with E-state index in [4.69, 9.17) is 5.73 Å². The summed E-state index contributed by atoms with van der Waals surface area (Å²) >= 11 is 0. The zero-order valence-electron chi connectivity index (χ0n) is 14.3. The molecule has 0 fully saturated rings. The molecule has 0 aliphatic heterocycles. The first-order chi connectivity index (χ1) is 12.1. The Bertz CT molecular complexity index is 871. The van der Waals surface area contributed by atoms with Crippen molar-refractivity contribution >= 4 is 5.91 Å². The van der Waals surface area contributed by atoms with Gasteiger partial charge in [-0.2, -0.15) is 9.78 Å². The molecule has 3 heterocycles. The van der Waals surface area contributed by atoms with Crippen molar-refractivity contribution < 1.29 is 4.79 Å². The number of pyridine rings is 1. The van der Waals surface area contributed by atoms with Gasteiger partial charge in [0.15, 0.2) is 5.69 Å². The van der Waals surface area contributed by atoms with E-state index >= 15 is 0 Å². The molecule has 128 valence electrons. The lowest BCUT2D eigenvalue weighted by atomic mass is 10.0. The predicted molar refractivity (Wildman–Crippen MR) is 94.3 cm³/mol. The van der Waals surface area contributed by atoms with Gasteiger partial charge in [0, 0.05) is 24.2 Å². The second-order valence-corrected chi connectivity index (χ2v) is 5.82. The summed E-state index contributed by atoms with van der Waals surface area (Å²) in [6, 6.07) is 5.61. The molecule has 0 radical (unpaired) electrons. The molecule has 3 aromatic heterocycles. The van der Waals surface area contributed by atoms with E-state index in [-0.39, 0.29) is 5.69 Å². The molecule has 0 bridgehead atoms. The molecule has 3 rings (SSSR count). The topological polar surface area (TPSA) is 99.6 Å². The number of aryl methyl sites for hydroxylation is 1. The number of hydrogen-bond acceptors (Lipinski definition) is 5. The second-order valence-electron chi connectivity index (χ2n) is 5.82. The van der Waals surface area contributed by atoms with Crippen LogP contribution in [0.5, 0.6) is 0 Å². The minimum absolute atomic E-state index is 0.248. The largest absolute Gasteiger partial charge is 0.364 e. The fourth-order valence-electron chi connectivity index (χ4n) is 2.65. The van der Waals surface area contributed by atoms with Crippen molar-refractivity contribution in [3.63, 3.8) is 0 Å². The second kappa shape index (κ2) is 7.21. The summed E-state index contributed by atoms with van der Waals surface area (Å²) in [6.07, 6.45) is 7.64. The van der Waals surface area contributed by atoms with Crippen LogP contribution in [0.3, 0.4) is 0 Å². The molecular weight excluding hydrogens is 316 g/mol. The fourth-order valence-corrected chi connectivity index (χ4v) is 2.65. The van der Waals surface area contributed by atoms with Gasteiger partial charge in [0.25, 0.3) is 11.9 Å². The lowest BCUT2D eigenvalue weighted by Crippen LogP contribution is -2.14. The highest BCUT2D eigenvalue weighted by Crippen LogP contribution is 2.28. The number of aromatic nitrogens is 5. The number of carbonyl (C=O) groups excluding carboxylic acids is 1. The quantitative estimate of drug-likeness (QED) is 0.745. The van der Waals surface area contributed by atoms with Gasteiger partial charge < -0.3 is 5.73 Å². The molecule has 0 aliphatic rings. The Balaban J connectivity index is 2.26. The van der Waals surface area contributed by atoms with Crippen molar-refractivity contribution in [1.29, 1.82) is 0 Å². The van der Waals surface area contributed by atoms with Crippen molar-refractivity contribution in [2.24, 2.45) is 5.73 Å². The first kappa shape index (κ1) is 16.8. The molecule has 0 aromatic carbocycles. The average Bonchev–Trinajstić information content (AvgIpc) is 3.01. The number of primary amides is 1. The SMILES string of the molecule is CCCCc1c(C(N)=O)nn(-c2ncccn2)c1-c1ccc(C)cn1. The normalized spacial score (nSPS) is 10.8. The van der Waals surface area contributed by atoms with Crippen molar-refractivity contribution in [2.45, 2.75) is 33.1 Å². The number of hydrogen-bond donors (Lipinski definition) is 1. The smallest absolute Gasteiger partial charge is 0.269 e. The molecule has 0 aliphatic carbocycles. The minimum atomic E-state index is -0.561. The number of amides is 1. The number of rotatable bonds is 6. The monoisotopic (exact) mass is 336 g/mol. The number of nitrogens with two attached hydrogens (primary N) is 1. The van der Waals surface area contributed by atoms with Crippen molar-refractivity contribution in [2.75, 3.05) is 0 Å². The Labute approximate surface area is 146 Å². The average molecular weight is 336 g/mol.